The van der Waals surface area contributed by atoms with Gasteiger partial charge in [0.1, 0.15) is 5.82 Å². The number of aliphatic carboxylic acids is 1. The van der Waals surface area contributed by atoms with Crippen molar-refractivity contribution >= 4 is 11.9 Å². The van der Waals surface area contributed by atoms with E-state index in [2.05, 4.69) is 0 Å². The maximum absolute atomic E-state index is 13.1. The van der Waals surface area contributed by atoms with Gasteiger partial charge in [0.2, 0.25) is 5.91 Å². The molecule has 1 aromatic rings. The van der Waals surface area contributed by atoms with E-state index in [0.29, 0.717) is 24.8 Å². The topological polar surface area (TPSA) is 57.6 Å². The molecule has 1 saturated carbocycles. The lowest BCUT2D eigenvalue weighted by Gasteiger charge is -2.34. The van der Waals surface area contributed by atoms with Gasteiger partial charge in [0.25, 0.3) is 0 Å². The van der Waals surface area contributed by atoms with E-state index in [1.807, 2.05) is 0 Å². The minimum absolute atomic E-state index is 0.0237. The van der Waals surface area contributed by atoms with Gasteiger partial charge in [-0.25, -0.2) is 4.39 Å². The lowest BCUT2D eigenvalue weighted by Crippen LogP contribution is -2.40. The third kappa shape index (κ3) is 2.77. The Morgan fingerprint density at radius 2 is 1.86 bits per heavy atom. The third-order valence-corrected chi connectivity index (χ3v) is 4.34. The highest BCUT2D eigenvalue weighted by molar-refractivity contribution is 5.80. The molecule has 1 heterocycles. The largest absolute Gasteiger partial charge is 0.481 e. The van der Waals surface area contributed by atoms with E-state index < -0.39 is 17.9 Å². The molecule has 2 unspecified atom stereocenters. The van der Waals surface area contributed by atoms with Gasteiger partial charge in [-0.3, -0.25) is 9.59 Å². The molecule has 1 N–H and O–H groups in total. The second kappa shape index (κ2) is 5.47. The van der Waals surface area contributed by atoms with Gasteiger partial charge in [0, 0.05) is 12.5 Å². The Bertz CT molecular complexity index is 553. The van der Waals surface area contributed by atoms with E-state index >= 15 is 0 Å². The minimum atomic E-state index is -0.885. The molecule has 0 aromatic heterocycles. The maximum Gasteiger partial charge on any atom is 0.308 e. The van der Waals surface area contributed by atoms with Gasteiger partial charge >= 0.3 is 5.97 Å². The summed E-state index contributed by atoms with van der Waals surface area (Å²) in [5, 5.41) is 9.54. The van der Waals surface area contributed by atoms with Crippen LogP contribution in [0.25, 0.3) is 0 Å². The third-order valence-electron chi connectivity index (χ3n) is 4.34. The number of benzene rings is 1. The molecular formula is C16H18FNO3. The van der Waals surface area contributed by atoms with Gasteiger partial charge in [-0.05, 0) is 43.4 Å². The Morgan fingerprint density at radius 3 is 2.43 bits per heavy atom. The number of amides is 1. The molecule has 21 heavy (non-hydrogen) atoms. The fraction of sp³-hybridized carbons (Fsp3) is 0.500. The summed E-state index contributed by atoms with van der Waals surface area (Å²) in [6.45, 7) is 0. The predicted molar refractivity (Wildman–Crippen MR) is 74.0 cm³/mol. The highest BCUT2D eigenvalue weighted by atomic mass is 19.1. The number of carbonyl (C=O) groups is 2. The Hall–Kier alpha value is -1.91. The standard InChI is InChI=1S/C16H18FNO3/c17-11-6-4-10(5-7-11)15-13(16(20)21)2-1-3-14(19)18(15)12-8-9-12/h4-7,12-13,15H,1-3,8-9H2,(H,20,21). The van der Waals surface area contributed by atoms with Crippen molar-refractivity contribution < 1.29 is 19.1 Å². The Kier molecular flexibility index (Phi) is 3.66. The van der Waals surface area contributed by atoms with Gasteiger partial charge in [0.05, 0.1) is 12.0 Å². The molecule has 1 amide bonds. The van der Waals surface area contributed by atoms with Crippen LogP contribution in [0.3, 0.4) is 0 Å². The number of halogens is 1. The molecule has 2 aliphatic rings. The molecule has 1 saturated heterocycles. The maximum atomic E-state index is 13.1. The first-order chi connectivity index (χ1) is 10.1. The summed E-state index contributed by atoms with van der Waals surface area (Å²) in [5.41, 5.74) is 0.714. The molecule has 2 fully saturated rings. The van der Waals surface area contributed by atoms with E-state index in [4.69, 9.17) is 0 Å². The fourth-order valence-electron chi connectivity index (χ4n) is 3.20. The van der Waals surface area contributed by atoms with Crippen molar-refractivity contribution in [2.45, 2.75) is 44.2 Å². The van der Waals surface area contributed by atoms with Gasteiger partial charge in [-0.2, -0.15) is 0 Å². The van der Waals surface area contributed by atoms with Crippen LogP contribution in [0.15, 0.2) is 24.3 Å². The van der Waals surface area contributed by atoms with E-state index in [-0.39, 0.29) is 17.8 Å². The smallest absolute Gasteiger partial charge is 0.308 e. The zero-order chi connectivity index (χ0) is 15.0. The van der Waals surface area contributed by atoms with Gasteiger partial charge in [-0.1, -0.05) is 12.1 Å². The number of carboxylic acid groups (broad SMARTS) is 1. The van der Waals surface area contributed by atoms with Crippen molar-refractivity contribution in [2.24, 2.45) is 5.92 Å². The molecule has 3 rings (SSSR count). The van der Waals surface area contributed by atoms with Crippen molar-refractivity contribution in [3.8, 4) is 0 Å². The molecule has 1 aliphatic carbocycles. The van der Waals surface area contributed by atoms with Crippen LogP contribution in [0.2, 0.25) is 0 Å². The molecule has 4 nitrogen and oxygen atoms in total. The average molecular weight is 291 g/mol. The van der Waals surface area contributed by atoms with Crippen molar-refractivity contribution in [2.75, 3.05) is 0 Å². The van der Waals surface area contributed by atoms with Crippen LogP contribution in [-0.2, 0) is 9.59 Å². The van der Waals surface area contributed by atoms with Gasteiger partial charge in [0.15, 0.2) is 0 Å². The number of hydrogen-bond donors (Lipinski definition) is 1. The highest BCUT2D eigenvalue weighted by Gasteiger charge is 2.44. The van der Waals surface area contributed by atoms with Crippen LogP contribution in [0.4, 0.5) is 4.39 Å². The Labute approximate surface area is 122 Å². The fourth-order valence-corrected chi connectivity index (χ4v) is 3.20. The lowest BCUT2D eigenvalue weighted by molar-refractivity contribution is -0.146. The van der Waals surface area contributed by atoms with Gasteiger partial charge < -0.3 is 10.0 Å². The summed E-state index contributed by atoms with van der Waals surface area (Å²) in [7, 11) is 0. The number of nitrogens with zero attached hydrogens (tertiary/aromatic N) is 1. The van der Waals surface area contributed by atoms with Crippen molar-refractivity contribution in [1.29, 1.82) is 0 Å². The van der Waals surface area contributed by atoms with E-state index in [9.17, 15) is 19.1 Å². The summed E-state index contributed by atoms with van der Waals surface area (Å²) in [6, 6.07) is 5.52. The normalized spacial score (nSPS) is 26.5. The first-order valence-corrected chi connectivity index (χ1v) is 7.37. The summed E-state index contributed by atoms with van der Waals surface area (Å²) >= 11 is 0. The minimum Gasteiger partial charge on any atom is -0.481 e. The first-order valence-electron chi connectivity index (χ1n) is 7.37. The second-order valence-electron chi connectivity index (χ2n) is 5.87. The van der Waals surface area contributed by atoms with Crippen LogP contribution >= 0.6 is 0 Å². The average Bonchev–Trinajstić information content (AvgIpc) is 3.26. The molecule has 0 bridgehead atoms. The monoisotopic (exact) mass is 291 g/mol. The van der Waals surface area contributed by atoms with Gasteiger partial charge in [-0.15, -0.1) is 0 Å². The molecule has 2 atom stereocenters. The van der Waals surface area contributed by atoms with Crippen LogP contribution in [0.1, 0.15) is 43.7 Å². The number of likely N-dealkylation sites (tertiary alicyclic amines) is 1. The van der Waals surface area contributed by atoms with E-state index in [1.165, 1.54) is 12.1 Å². The SMILES string of the molecule is O=C(O)C1CCCC(=O)N(C2CC2)C1c1ccc(F)cc1. The second-order valence-corrected chi connectivity index (χ2v) is 5.87. The van der Waals surface area contributed by atoms with E-state index in [1.54, 1.807) is 17.0 Å². The number of rotatable bonds is 3. The first kappa shape index (κ1) is 14.0. The summed E-state index contributed by atoms with van der Waals surface area (Å²) in [4.78, 5) is 25.8. The zero-order valence-corrected chi connectivity index (χ0v) is 11.7. The van der Waals surface area contributed by atoms with Crippen molar-refractivity contribution in [3.63, 3.8) is 0 Å². The molecule has 112 valence electrons. The molecule has 5 heteroatoms. The highest BCUT2D eigenvalue weighted by Crippen LogP contribution is 2.42. The molecule has 0 spiro atoms. The van der Waals surface area contributed by atoms with Crippen LogP contribution in [0, 0.1) is 11.7 Å². The summed E-state index contributed by atoms with van der Waals surface area (Å²) in [5.74, 6) is -1.84. The molecule has 0 radical (unpaired) electrons. The van der Waals surface area contributed by atoms with Crippen LogP contribution in [-0.4, -0.2) is 27.9 Å². The predicted octanol–water partition coefficient (Wildman–Crippen LogP) is 2.74. The molecule has 1 aliphatic heterocycles. The van der Waals surface area contributed by atoms with Crippen molar-refractivity contribution in [1.82, 2.24) is 4.90 Å². The quantitative estimate of drug-likeness (QED) is 0.931. The number of carbonyl (C=O) groups excluding carboxylic acids is 1. The number of carboxylic acids is 1. The Morgan fingerprint density at radius 1 is 1.19 bits per heavy atom. The Balaban J connectivity index is 2.03. The van der Waals surface area contributed by atoms with Crippen LogP contribution in [0.5, 0.6) is 0 Å². The summed E-state index contributed by atoms with van der Waals surface area (Å²) < 4.78 is 13.1. The van der Waals surface area contributed by atoms with Crippen molar-refractivity contribution in [3.05, 3.63) is 35.6 Å². The lowest BCUT2D eigenvalue weighted by atomic mass is 9.89. The zero-order valence-electron chi connectivity index (χ0n) is 11.7. The number of hydrogen-bond acceptors (Lipinski definition) is 2. The molecule has 1 aromatic carbocycles. The summed E-state index contributed by atoms with van der Waals surface area (Å²) in [6.07, 6.45) is 3.33. The van der Waals surface area contributed by atoms with Crippen LogP contribution < -0.4 is 0 Å². The van der Waals surface area contributed by atoms with E-state index in [0.717, 1.165) is 12.8 Å². The molecular weight excluding hydrogens is 273 g/mol.